The monoisotopic (exact) mass is 337 g/mol. The van der Waals surface area contributed by atoms with Crippen LogP contribution in [0.1, 0.15) is 13.8 Å². The van der Waals surface area contributed by atoms with Crippen LogP contribution in [0.15, 0.2) is 0 Å². The molecule has 0 aliphatic rings. The van der Waals surface area contributed by atoms with E-state index in [0.29, 0.717) is 0 Å². The van der Waals surface area contributed by atoms with Gasteiger partial charge in [0.2, 0.25) is 0 Å². The van der Waals surface area contributed by atoms with Gasteiger partial charge in [-0.1, -0.05) is 0 Å². The van der Waals surface area contributed by atoms with Gasteiger partial charge in [0, 0.05) is 32.3 Å². The van der Waals surface area contributed by atoms with Gasteiger partial charge in [-0.2, -0.15) is 0 Å². The van der Waals surface area contributed by atoms with E-state index >= 15 is 0 Å². The van der Waals surface area contributed by atoms with Crippen LogP contribution in [-0.2, 0) is 26.2 Å². The average molecular weight is 339 g/mol. The van der Waals surface area contributed by atoms with Crippen LogP contribution >= 0.6 is 0 Å². The normalized spacial score (nSPS) is 2.25. The maximum absolute atomic E-state index is 8.06. The van der Waals surface area contributed by atoms with E-state index in [9.17, 15) is 0 Å². The van der Waals surface area contributed by atoms with Crippen LogP contribution in [0.25, 0.3) is 0 Å². The molecule has 34 N–H and O–H groups in total. The summed E-state index contributed by atoms with van der Waals surface area (Å²) in [6.45, 7) is 3.44. The van der Waals surface area contributed by atoms with Gasteiger partial charge < -0.3 is 72.8 Å². The number of aliphatic hydroxyl groups is 1. The van der Waals surface area contributed by atoms with Crippen molar-refractivity contribution in [3.05, 3.63) is 0 Å². The molecule has 0 aromatic rings. The zero-order valence-electron chi connectivity index (χ0n) is 11.3. The average Bonchev–Trinajstić information content (AvgIpc) is 0.811. The molecule has 0 heterocycles. The Kier molecular flexibility index (Phi) is 5790. The van der Waals surface area contributed by atoms with E-state index in [1.165, 1.54) is 0 Å². The molecular weight excluding hydrogens is 297 g/mol. The van der Waals surface area contributed by atoms with Crippen molar-refractivity contribution in [1.29, 1.82) is 0 Å². The SMILES string of the molecule is CC(C)O.N.N.N.N.N.N.N.N.N.N.N.[Zr]. The molecule has 0 aliphatic carbocycles. The molecule has 12 nitrogen and oxygen atoms in total. The smallest absolute Gasteiger partial charge is 0.0483 e. The molecule has 13 heteroatoms. The van der Waals surface area contributed by atoms with Gasteiger partial charge in [-0.3, -0.25) is 0 Å². The van der Waals surface area contributed by atoms with E-state index in [-0.39, 0.29) is 100.0 Å². The van der Waals surface area contributed by atoms with Crippen molar-refractivity contribution in [2.45, 2.75) is 20.0 Å². The van der Waals surface area contributed by atoms with E-state index in [1.807, 2.05) is 0 Å². The zero-order chi connectivity index (χ0) is 3.58. The van der Waals surface area contributed by atoms with Gasteiger partial charge in [0.1, 0.15) is 0 Å². The van der Waals surface area contributed by atoms with Crippen LogP contribution in [0.3, 0.4) is 0 Å². The summed E-state index contributed by atoms with van der Waals surface area (Å²) in [5.74, 6) is 0. The minimum Gasteiger partial charge on any atom is -0.394 e. The van der Waals surface area contributed by atoms with Crippen LogP contribution < -0.4 is 67.7 Å². The summed E-state index contributed by atoms with van der Waals surface area (Å²) >= 11 is 0. The molecule has 0 rings (SSSR count). The Bertz CT molecular complexity index is 25.9. The van der Waals surface area contributed by atoms with Crippen LogP contribution in [0.2, 0.25) is 0 Å². The predicted molar refractivity (Wildman–Crippen MR) is 72.6 cm³/mol. The molecule has 0 amide bonds. The standard InChI is InChI=1S/C3H8O.11H3N.Zr/c1-3(2)4;;;;;;;;;;;;/h3-4H,1-2H3;11*1H3;. The molecule has 0 radical (unpaired) electrons. The van der Waals surface area contributed by atoms with Gasteiger partial charge >= 0.3 is 0 Å². The molecular formula is C3H41N11OZr. The summed E-state index contributed by atoms with van der Waals surface area (Å²) in [7, 11) is 0. The Labute approximate surface area is 119 Å². The molecule has 118 valence electrons. The first kappa shape index (κ1) is 336. The summed E-state index contributed by atoms with van der Waals surface area (Å²) in [6.07, 6.45) is -0.167. The summed E-state index contributed by atoms with van der Waals surface area (Å²) in [6, 6.07) is 0. The first-order valence-electron chi connectivity index (χ1n) is 1.41. The summed E-state index contributed by atoms with van der Waals surface area (Å²) in [5.41, 5.74) is 0. The van der Waals surface area contributed by atoms with Crippen LogP contribution in [0.4, 0.5) is 0 Å². The summed E-state index contributed by atoms with van der Waals surface area (Å²) < 4.78 is 0. The van der Waals surface area contributed by atoms with Crippen LogP contribution in [0, 0.1) is 0 Å². The molecule has 0 unspecified atom stereocenters. The van der Waals surface area contributed by atoms with Gasteiger partial charge in [0.05, 0.1) is 0 Å². The largest absolute Gasteiger partial charge is 0.394 e. The van der Waals surface area contributed by atoms with Crippen molar-refractivity contribution in [2.75, 3.05) is 0 Å². The molecule has 0 saturated heterocycles. The topological polar surface area (TPSA) is 405 Å². The van der Waals surface area contributed by atoms with E-state index < -0.39 is 0 Å². The van der Waals surface area contributed by atoms with Crippen molar-refractivity contribution in [3.8, 4) is 0 Å². The van der Waals surface area contributed by atoms with Gasteiger partial charge in [-0.15, -0.1) is 0 Å². The number of hydrogen-bond donors (Lipinski definition) is 12. The molecule has 0 spiro atoms. The number of aliphatic hydroxyl groups excluding tert-OH is 1. The van der Waals surface area contributed by atoms with E-state index in [2.05, 4.69) is 0 Å². The maximum Gasteiger partial charge on any atom is 0.0483 e. The predicted octanol–water partition coefficient (Wildman–Crippen LogP) is 2.17. The van der Waals surface area contributed by atoms with Crippen LogP contribution in [-0.4, -0.2) is 11.2 Å². The Morgan fingerprint density at radius 3 is 0.500 bits per heavy atom. The first-order valence-corrected chi connectivity index (χ1v) is 1.41. The second-order valence-corrected chi connectivity index (χ2v) is 1.09. The molecule has 0 aromatic heterocycles. The van der Waals surface area contributed by atoms with E-state index in [1.54, 1.807) is 13.8 Å². The maximum atomic E-state index is 8.06. The molecule has 0 bridgehead atoms. The molecule has 0 aromatic carbocycles. The second kappa shape index (κ2) is 276. The van der Waals surface area contributed by atoms with Gasteiger partial charge in [-0.05, 0) is 13.8 Å². The van der Waals surface area contributed by atoms with E-state index in [4.69, 9.17) is 5.11 Å². The molecule has 16 heavy (non-hydrogen) atoms. The third-order valence-corrected chi connectivity index (χ3v) is 0. The summed E-state index contributed by atoms with van der Waals surface area (Å²) in [4.78, 5) is 0. The quantitative estimate of drug-likeness (QED) is 0.301. The van der Waals surface area contributed by atoms with Gasteiger partial charge in [-0.25, -0.2) is 0 Å². The fraction of sp³-hybridized carbons (Fsp3) is 1.00. The Balaban J connectivity index is -0.000000000682. The molecule has 0 fully saturated rings. The summed E-state index contributed by atoms with van der Waals surface area (Å²) in [5, 5.41) is 8.06. The van der Waals surface area contributed by atoms with Crippen molar-refractivity contribution in [2.24, 2.45) is 0 Å². The minimum absolute atomic E-state index is 0. The van der Waals surface area contributed by atoms with Crippen molar-refractivity contribution in [3.63, 3.8) is 0 Å². The van der Waals surface area contributed by atoms with Gasteiger partial charge in [0.25, 0.3) is 0 Å². The Morgan fingerprint density at radius 2 is 0.500 bits per heavy atom. The number of hydrogen-bond acceptors (Lipinski definition) is 12. The van der Waals surface area contributed by atoms with Crippen molar-refractivity contribution < 1.29 is 31.3 Å². The second-order valence-electron chi connectivity index (χ2n) is 1.09. The molecule has 0 aliphatic heterocycles. The van der Waals surface area contributed by atoms with Crippen molar-refractivity contribution in [1.82, 2.24) is 67.7 Å². The first-order chi connectivity index (χ1) is 1.73. The van der Waals surface area contributed by atoms with Crippen molar-refractivity contribution >= 4 is 0 Å². The fourth-order valence-electron chi connectivity index (χ4n) is 0. The van der Waals surface area contributed by atoms with Crippen LogP contribution in [0.5, 0.6) is 0 Å². The Hall–Kier alpha value is 0.403. The van der Waals surface area contributed by atoms with Gasteiger partial charge in [0.15, 0.2) is 0 Å². The fourth-order valence-corrected chi connectivity index (χ4v) is 0. The third kappa shape index (κ3) is 15900. The minimum atomic E-state index is -0.167. The number of rotatable bonds is 0. The van der Waals surface area contributed by atoms with E-state index in [0.717, 1.165) is 0 Å². The molecule has 0 atom stereocenters. The third-order valence-electron chi connectivity index (χ3n) is 0. The molecule has 0 saturated carbocycles. The Morgan fingerprint density at radius 1 is 0.500 bits per heavy atom. The zero-order valence-corrected chi connectivity index (χ0v) is 13.8.